The molecular formula is C12H10Cl2N6. The lowest BCUT2D eigenvalue weighted by Gasteiger charge is -2.09. The van der Waals surface area contributed by atoms with Gasteiger partial charge in [-0.25, -0.2) is 0 Å². The zero-order valence-corrected chi connectivity index (χ0v) is 11.7. The molecule has 2 heterocycles. The fourth-order valence-electron chi connectivity index (χ4n) is 1.84. The lowest BCUT2D eigenvalue weighted by atomic mass is 10.2. The third kappa shape index (κ3) is 2.48. The van der Waals surface area contributed by atoms with Crippen LogP contribution in [0, 0.1) is 0 Å². The second kappa shape index (κ2) is 5.15. The molecule has 0 fully saturated rings. The lowest BCUT2D eigenvalue weighted by Crippen LogP contribution is -2.05. The molecule has 8 heteroatoms. The Morgan fingerprint density at radius 1 is 1.25 bits per heavy atom. The van der Waals surface area contributed by atoms with Gasteiger partial charge in [-0.3, -0.25) is 5.10 Å². The van der Waals surface area contributed by atoms with Crippen LogP contribution in [-0.2, 0) is 6.54 Å². The van der Waals surface area contributed by atoms with E-state index < -0.39 is 0 Å². The zero-order chi connectivity index (χ0) is 14.1. The fraction of sp³-hybridized carbons (Fsp3) is 0.0833. The predicted molar refractivity (Wildman–Crippen MR) is 79.9 cm³/mol. The van der Waals surface area contributed by atoms with E-state index in [1.165, 1.54) is 0 Å². The molecule has 0 spiro atoms. The highest BCUT2D eigenvalue weighted by atomic mass is 35.5. The van der Waals surface area contributed by atoms with Crippen molar-refractivity contribution >= 4 is 46.0 Å². The third-order valence-corrected chi connectivity index (χ3v) is 3.38. The number of hydrogen-bond acceptors (Lipinski definition) is 5. The van der Waals surface area contributed by atoms with Gasteiger partial charge < -0.3 is 11.1 Å². The van der Waals surface area contributed by atoms with Gasteiger partial charge in [-0.15, -0.1) is 0 Å². The van der Waals surface area contributed by atoms with Crippen LogP contribution in [0.25, 0.3) is 11.0 Å². The van der Waals surface area contributed by atoms with E-state index in [4.69, 9.17) is 28.9 Å². The quantitative estimate of drug-likeness (QED) is 0.692. The molecule has 0 saturated heterocycles. The molecule has 0 aliphatic carbocycles. The number of hydrogen-bond donors (Lipinski definition) is 3. The Balaban J connectivity index is 1.90. The Morgan fingerprint density at radius 3 is 2.95 bits per heavy atom. The highest BCUT2D eigenvalue weighted by Crippen LogP contribution is 2.23. The van der Waals surface area contributed by atoms with Gasteiger partial charge in [-0.1, -0.05) is 23.2 Å². The van der Waals surface area contributed by atoms with Crippen LogP contribution in [0.3, 0.4) is 0 Å². The van der Waals surface area contributed by atoms with Crippen LogP contribution < -0.4 is 11.1 Å². The first kappa shape index (κ1) is 13.0. The number of nitrogens with two attached hydrogens (primary N) is 1. The second-order valence-electron chi connectivity index (χ2n) is 4.15. The molecule has 0 radical (unpaired) electrons. The number of aromatic amines is 1. The summed E-state index contributed by atoms with van der Waals surface area (Å²) in [5, 5.41) is 11.9. The van der Waals surface area contributed by atoms with Crippen LogP contribution >= 0.6 is 23.2 Å². The number of benzene rings is 1. The zero-order valence-electron chi connectivity index (χ0n) is 10.2. The van der Waals surface area contributed by atoms with E-state index in [1.807, 2.05) is 0 Å². The highest BCUT2D eigenvalue weighted by Gasteiger charge is 2.08. The van der Waals surface area contributed by atoms with Gasteiger partial charge in [0.25, 0.3) is 0 Å². The minimum absolute atomic E-state index is 0.168. The smallest absolute Gasteiger partial charge is 0.224 e. The number of nitrogens with zero attached hydrogens (tertiary/aromatic N) is 3. The molecule has 3 rings (SSSR count). The monoisotopic (exact) mass is 308 g/mol. The van der Waals surface area contributed by atoms with Crippen molar-refractivity contribution in [2.24, 2.45) is 0 Å². The lowest BCUT2D eigenvalue weighted by molar-refractivity contribution is 1.08. The summed E-state index contributed by atoms with van der Waals surface area (Å²) >= 11 is 12.1. The van der Waals surface area contributed by atoms with Gasteiger partial charge in [-0.05, 0) is 23.8 Å². The average molecular weight is 309 g/mol. The number of nitrogens with one attached hydrogen (secondary N) is 2. The van der Waals surface area contributed by atoms with Crippen molar-refractivity contribution in [2.45, 2.75) is 6.54 Å². The molecule has 1 aromatic carbocycles. The van der Waals surface area contributed by atoms with Crippen molar-refractivity contribution in [1.29, 1.82) is 0 Å². The predicted octanol–water partition coefficient (Wildman–Crippen LogP) is 2.85. The molecular weight excluding hydrogens is 299 g/mol. The first-order valence-corrected chi connectivity index (χ1v) is 6.53. The number of H-pyrrole nitrogens is 1. The molecule has 4 N–H and O–H groups in total. The van der Waals surface area contributed by atoms with E-state index in [0.29, 0.717) is 28.1 Å². The van der Waals surface area contributed by atoms with Crippen LogP contribution in [0.5, 0.6) is 0 Å². The summed E-state index contributed by atoms with van der Waals surface area (Å²) < 4.78 is 0. The Labute approximate surface area is 124 Å². The maximum atomic E-state index is 6.12. The normalized spacial score (nSPS) is 10.9. The summed E-state index contributed by atoms with van der Waals surface area (Å²) in [4.78, 5) is 8.20. The highest BCUT2D eigenvalue weighted by molar-refractivity contribution is 6.33. The minimum Gasteiger partial charge on any atom is -0.368 e. The number of halogens is 2. The third-order valence-electron chi connectivity index (χ3n) is 2.78. The Kier molecular flexibility index (Phi) is 3.33. The second-order valence-corrected chi connectivity index (χ2v) is 5.00. The van der Waals surface area contributed by atoms with Crippen molar-refractivity contribution in [3.8, 4) is 0 Å². The summed E-state index contributed by atoms with van der Waals surface area (Å²) in [7, 11) is 0. The van der Waals surface area contributed by atoms with E-state index in [-0.39, 0.29) is 5.95 Å². The summed E-state index contributed by atoms with van der Waals surface area (Å²) in [6.07, 6.45) is 1.64. The molecule has 3 aromatic rings. The molecule has 2 aromatic heterocycles. The van der Waals surface area contributed by atoms with Gasteiger partial charge in [0, 0.05) is 16.6 Å². The summed E-state index contributed by atoms with van der Waals surface area (Å²) in [6.45, 7) is 0.468. The van der Waals surface area contributed by atoms with Gasteiger partial charge in [0.15, 0.2) is 5.65 Å². The molecule has 102 valence electrons. The van der Waals surface area contributed by atoms with E-state index in [9.17, 15) is 0 Å². The van der Waals surface area contributed by atoms with Gasteiger partial charge in [0.1, 0.15) is 5.82 Å². The van der Waals surface area contributed by atoms with Gasteiger partial charge in [0.05, 0.1) is 11.6 Å². The molecule has 0 atom stereocenters. The van der Waals surface area contributed by atoms with Crippen molar-refractivity contribution in [3.63, 3.8) is 0 Å². The molecule has 0 aliphatic rings. The number of rotatable bonds is 3. The van der Waals surface area contributed by atoms with Crippen molar-refractivity contribution in [1.82, 2.24) is 20.2 Å². The van der Waals surface area contributed by atoms with Crippen molar-refractivity contribution in [2.75, 3.05) is 11.1 Å². The molecule has 0 unspecified atom stereocenters. The summed E-state index contributed by atoms with van der Waals surface area (Å²) in [6, 6.07) is 5.29. The van der Waals surface area contributed by atoms with E-state index >= 15 is 0 Å². The maximum Gasteiger partial charge on any atom is 0.224 e. The van der Waals surface area contributed by atoms with Crippen molar-refractivity contribution in [3.05, 3.63) is 40.0 Å². The Hall–Kier alpha value is -2.05. The molecule has 0 saturated carbocycles. The van der Waals surface area contributed by atoms with Crippen LogP contribution in [0.15, 0.2) is 24.4 Å². The summed E-state index contributed by atoms with van der Waals surface area (Å²) in [5.41, 5.74) is 7.10. The van der Waals surface area contributed by atoms with Crippen LogP contribution in [0.4, 0.5) is 11.8 Å². The molecule has 6 nitrogen and oxygen atoms in total. The topological polar surface area (TPSA) is 92.5 Å². The van der Waals surface area contributed by atoms with Crippen LogP contribution in [0.2, 0.25) is 10.0 Å². The molecule has 0 amide bonds. The molecule has 0 aliphatic heterocycles. The van der Waals surface area contributed by atoms with Crippen LogP contribution in [0.1, 0.15) is 5.56 Å². The molecule has 20 heavy (non-hydrogen) atoms. The first-order valence-electron chi connectivity index (χ1n) is 5.78. The maximum absolute atomic E-state index is 6.12. The Bertz CT molecular complexity index is 770. The van der Waals surface area contributed by atoms with E-state index in [2.05, 4.69) is 25.5 Å². The largest absolute Gasteiger partial charge is 0.368 e. The number of nitrogen functional groups attached to an aromatic ring is 1. The minimum atomic E-state index is 0.168. The average Bonchev–Trinajstić information content (AvgIpc) is 2.87. The van der Waals surface area contributed by atoms with Gasteiger partial charge in [0.2, 0.25) is 5.95 Å². The standard InChI is InChI=1S/C12H10Cl2N6/c13-7-1-2-9(14)6(3-7)4-16-10-8-5-17-20-11(8)19-12(15)18-10/h1-3,5H,4H2,(H4,15,16,17,18,19,20). The SMILES string of the molecule is Nc1nc(NCc2cc(Cl)ccc2Cl)c2cn[nH]c2n1. The summed E-state index contributed by atoms with van der Waals surface area (Å²) in [5.74, 6) is 0.763. The number of aromatic nitrogens is 4. The fourth-order valence-corrected chi connectivity index (χ4v) is 2.22. The number of fused-ring (bicyclic) bond motifs is 1. The van der Waals surface area contributed by atoms with E-state index in [1.54, 1.807) is 24.4 Å². The van der Waals surface area contributed by atoms with E-state index in [0.717, 1.165) is 10.9 Å². The van der Waals surface area contributed by atoms with Crippen molar-refractivity contribution < 1.29 is 0 Å². The molecule has 0 bridgehead atoms. The first-order chi connectivity index (χ1) is 9.63. The van der Waals surface area contributed by atoms with Gasteiger partial charge in [-0.2, -0.15) is 15.1 Å². The Morgan fingerprint density at radius 2 is 2.10 bits per heavy atom. The van der Waals surface area contributed by atoms with Crippen LogP contribution in [-0.4, -0.2) is 20.2 Å². The number of anilines is 2. The van der Waals surface area contributed by atoms with Gasteiger partial charge >= 0.3 is 0 Å².